The molecule has 125 heavy (non-hydrogen) atoms. The molecule has 0 saturated carbocycles. The quantitative estimate of drug-likeness (QED) is 0.0240. The fourth-order valence-corrected chi connectivity index (χ4v) is 18.5. The molecule has 0 N–H and O–H groups in total. The van der Waals surface area contributed by atoms with Crippen LogP contribution in [0.3, 0.4) is 0 Å². The molecular weight excluding hydrogens is 1910 g/mol. The molecule has 0 unspecified atom stereocenters. The Bertz CT molecular complexity index is 5470. The van der Waals surface area contributed by atoms with Crippen molar-refractivity contribution in [2.45, 2.75) is 35.0 Å². The van der Waals surface area contributed by atoms with Crippen LogP contribution in [0, 0.1) is 254 Å². The van der Waals surface area contributed by atoms with Crippen LogP contribution in [-0.2, 0) is 17.3 Å². The first-order valence-electron chi connectivity index (χ1n) is 33.8. The number of benzene rings is 13. The van der Waals surface area contributed by atoms with Gasteiger partial charge < -0.3 is 0 Å². The lowest BCUT2D eigenvalue weighted by Gasteiger charge is -2.44. The van der Waals surface area contributed by atoms with Crippen LogP contribution in [0.25, 0.3) is 0 Å². The van der Waals surface area contributed by atoms with Crippen LogP contribution in [0.5, 0.6) is 0 Å². The highest BCUT2D eigenvalue weighted by atomic mass is 127. The minimum atomic E-state index is -7.22. The van der Waals surface area contributed by atoms with Gasteiger partial charge in [-0.05, 0) is 79.9 Å². The number of hydrogen-bond acceptors (Lipinski definition) is 0. The molecule has 13 rings (SSSR count). The highest BCUT2D eigenvalue weighted by molar-refractivity contribution is 7.97. The normalized spacial score (nSPS) is 11.7. The van der Waals surface area contributed by atoms with Gasteiger partial charge in [-0.25, -0.2) is 176 Å². The Morgan fingerprint density at radius 2 is 0.344 bits per heavy atom. The van der Waals surface area contributed by atoms with Gasteiger partial charge in [-0.2, -0.15) is 0 Å². The molecule has 0 amide bonds. The summed E-state index contributed by atoms with van der Waals surface area (Å²) in [5.41, 5.74) is -23.2. The first-order chi connectivity index (χ1) is 58.6. The molecule has 0 bridgehead atoms. The fourth-order valence-electron chi connectivity index (χ4n) is 13.9. The Kier molecular flexibility index (Phi) is 26.8. The van der Waals surface area contributed by atoms with Gasteiger partial charge in [0.05, 0.1) is 10.9 Å². The summed E-state index contributed by atoms with van der Waals surface area (Å²) < 4.78 is 591. The Labute approximate surface area is 685 Å². The molecule has 652 valence electrons. The molecule has 0 fully saturated rings. The van der Waals surface area contributed by atoms with E-state index in [-0.39, 0.29) is 32.1 Å². The van der Waals surface area contributed by atoms with Crippen molar-refractivity contribution in [1.82, 2.24) is 0 Å². The van der Waals surface area contributed by atoms with Gasteiger partial charge >= 0.3 is 21.2 Å². The first kappa shape index (κ1) is 94.0. The number of aryl methyl sites for hydroxylation is 2. The van der Waals surface area contributed by atoms with E-state index in [1.54, 1.807) is 0 Å². The van der Waals surface area contributed by atoms with Gasteiger partial charge in [0, 0.05) is 11.1 Å². The smallest absolute Gasteiger partial charge is 0.207 e. The van der Waals surface area contributed by atoms with Crippen molar-refractivity contribution in [2.24, 2.45) is 0 Å². The predicted octanol–water partition coefficient (Wildman–Crippen LogP) is 16.8. The lowest BCUT2D eigenvalue weighted by atomic mass is 9.12. The molecular formula is C81H29B2F40IS. The zero-order valence-corrected chi connectivity index (χ0v) is 63.4. The summed E-state index contributed by atoms with van der Waals surface area (Å²) in [5.74, 6) is -143. The summed E-state index contributed by atoms with van der Waals surface area (Å²) in [5, 5.41) is 0. The van der Waals surface area contributed by atoms with Gasteiger partial charge in [0.15, 0.2) is 161 Å². The molecule has 0 aliphatic heterocycles. The minimum Gasteiger partial charge on any atom is -0.207 e. The van der Waals surface area contributed by atoms with Gasteiger partial charge in [-0.15, -0.1) is 43.7 Å². The zero-order chi connectivity index (χ0) is 92.7. The topological polar surface area (TPSA) is 0 Å². The van der Waals surface area contributed by atoms with E-state index in [1.807, 2.05) is 0 Å². The third kappa shape index (κ3) is 15.3. The summed E-state index contributed by atoms with van der Waals surface area (Å²) in [6.07, 6.45) is -13.5. The van der Waals surface area contributed by atoms with Crippen molar-refractivity contribution in [3.63, 3.8) is 0 Å². The summed E-state index contributed by atoms with van der Waals surface area (Å²) in [6.45, 7) is 4.46. The van der Waals surface area contributed by atoms with Crippen LogP contribution in [0.15, 0.2) is 142 Å². The predicted molar refractivity (Wildman–Crippen MR) is 362 cm³/mol. The van der Waals surface area contributed by atoms with Gasteiger partial charge in [0.25, 0.3) is 0 Å². The maximum atomic E-state index is 15.4. The van der Waals surface area contributed by atoms with E-state index in [1.165, 1.54) is 44.1 Å². The van der Waals surface area contributed by atoms with E-state index < -0.39 is 289 Å². The number of halogens is 41. The molecule has 13 aromatic rings. The highest BCUT2D eigenvalue weighted by Crippen LogP contribution is 2.38. The van der Waals surface area contributed by atoms with Crippen molar-refractivity contribution < 1.29 is 197 Å². The fraction of sp³-hybridized carbons (Fsp3) is 0.0370. The van der Waals surface area contributed by atoms with Crippen LogP contribution in [0.1, 0.15) is 22.3 Å². The summed E-state index contributed by atoms with van der Waals surface area (Å²) in [4.78, 5) is 4.19. The van der Waals surface area contributed by atoms with Crippen molar-refractivity contribution in [3.05, 3.63) is 389 Å². The van der Waals surface area contributed by atoms with E-state index in [4.69, 9.17) is 0 Å². The van der Waals surface area contributed by atoms with Crippen LogP contribution in [0.2, 0.25) is 0 Å². The summed E-state index contributed by atoms with van der Waals surface area (Å²) >= 11 is -0.106. The van der Waals surface area contributed by atoms with Crippen molar-refractivity contribution in [3.8, 4) is 0 Å². The molecule has 44 heteroatoms. The van der Waals surface area contributed by atoms with Crippen LogP contribution < -0.4 is 64.9 Å². The van der Waals surface area contributed by atoms with Crippen molar-refractivity contribution in [1.29, 1.82) is 0 Å². The summed E-state index contributed by atoms with van der Waals surface area (Å²) in [6, 6.07) is 47.0. The van der Waals surface area contributed by atoms with Crippen molar-refractivity contribution >= 4 is 66.9 Å². The molecule has 0 heterocycles. The second-order valence-electron chi connectivity index (χ2n) is 26.3. The first-order valence-corrected chi connectivity index (χ1v) is 37.2. The Hall–Kier alpha value is -11.7. The SMILES string of the molecule is Cc1ccccc1[S+](c1ccc(Cc2ccc([I+]c3ccccc3)cc2)cc1)c1ccccc1C.Fc1c(F)c(F)c([B-](c2c(F)c(F)c(F)c(F)c2F)(c2c(F)c(F)c(F)c(F)c2F)c2c(F)c(F)c(F)c(F)c2F)c(F)c1F.Fc1c(F)c(F)c([B-](c2c(F)c(F)c(F)c(F)c2F)(c2c(F)c(F)c(F)c(F)c2F)c2c(F)c(F)c(F)c(F)c2F)c(F)c1F. The molecule has 13 aromatic carbocycles. The molecule has 0 aliphatic carbocycles. The zero-order valence-electron chi connectivity index (χ0n) is 60.4. The van der Waals surface area contributed by atoms with Crippen molar-refractivity contribution in [2.75, 3.05) is 0 Å². The molecule has 0 atom stereocenters. The highest BCUT2D eigenvalue weighted by Gasteiger charge is 2.55. The molecule has 0 aliphatic rings. The third-order valence-corrected chi connectivity index (χ3v) is 24.7. The largest absolute Gasteiger partial charge is 0.357 e. The minimum absolute atomic E-state index is 0.106. The Balaban J connectivity index is 0.000000184. The number of hydrogen-bond donors (Lipinski definition) is 0. The van der Waals surface area contributed by atoms with E-state index in [0.717, 1.165) is 6.42 Å². The second kappa shape index (κ2) is 35.7. The lowest BCUT2D eigenvalue weighted by Crippen LogP contribution is -3.61. The summed E-state index contributed by atoms with van der Waals surface area (Å²) in [7, 11) is -0.112. The third-order valence-electron chi connectivity index (χ3n) is 19.5. The average molecular weight is 1940 g/mol. The molecule has 0 radical (unpaired) electrons. The van der Waals surface area contributed by atoms with E-state index in [9.17, 15) is 105 Å². The van der Waals surface area contributed by atoms with Gasteiger partial charge in [0.1, 0.15) is 105 Å². The van der Waals surface area contributed by atoms with E-state index >= 15 is 70.2 Å². The Morgan fingerprint density at radius 1 is 0.184 bits per heavy atom. The maximum Gasteiger partial charge on any atom is 0.357 e. The van der Waals surface area contributed by atoms with Crippen LogP contribution in [-0.4, -0.2) is 12.3 Å². The van der Waals surface area contributed by atoms with E-state index in [2.05, 4.69) is 141 Å². The van der Waals surface area contributed by atoms with Gasteiger partial charge in [-0.1, -0.05) is 78.9 Å². The molecule has 0 saturated heterocycles. The van der Waals surface area contributed by atoms with Crippen LogP contribution >= 0.6 is 0 Å². The molecule has 0 spiro atoms. The standard InChI is InChI=1S/C33H29IS.2C24BF20/c1-25-10-6-8-14-32(25)35(33-15-9-7-11-26(33)2)31-22-18-28(19-23-31)24-27-16-20-30(21-17-27)34-29-12-4-3-5-13-29;2*26-5-1(6(27)14(35)21(42)13(5)34)25(2-7(28)15(36)22(43)16(37)8(2)29,3-9(30)17(38)23(44)18(39)10(3)31)4-11(32)19(40)24(45)20(41)12(4)33/h3-23H,24H2,1-2H3;;/q+2;2*-1. The van der Waals surface area contributed by atoms with Gasteiger partial charge in [-0.3, -0.25) is 0 Å². The molecule has 0 aromatic heterocycles. The van der Waals surface area contributed by atoms with E-state index in [0.29, 0.717) is 0 Å². The van der Waals surface area contributed by atoms with Gasteiger partial charge in [0.2, 0.25) is 0 Å². The number of rotatable bonds is 15. The maximum absolute atomic E-state index is 15.4. The second-order valence-corrected chi connectivity index (χ2v) is 31.3. The van der Waals surface area contributed by atoms with Crippen LogP contribution in [0.4, 0.5) is 176 Å². The monoisotopic (exact) mass is 1940 g/mol. The molecule has 0 nitrogen and oxygen atoms in total. The average Bonchev–Trinajstić information content (AvgIpc) is 0.684. The lowest BCUT2D eigenvalue weighted by molar-refractivity contribution is -0.597. The Morgan fingerprint density at radius 3 is 0.536 bits per heavy atom.